The van der Waals surface area contributed by atoms with E-state index in [2.05, 4.69) is 25.7 Å². The van der Waals surface area contributed by atoms with E-state index in [1.807, 2.05) is 36.4 Å². The number of hydrogen-bond donors (Lipinski definition) is 1. The van der Waals surface area contributed by atoms with Gasteiger partial charge in [-0.25, -0.2) is 4.98 Å². The SMILES string of the molecule is CC12CCN(C(=O)c3sc4nc(-c5ccc(Cl)cc5)ccc4c3N)C(C1)C(C)(C)C2. The van der Waals surface area contributed by atoms with Crippen molar-refractivity contribution in [2.45, 2.75) is 46.1 Å². The smallest absolute Gasteiger partial charge is 0.266 e. The topological polar surface area (TPSA) is 59.2 Å². The van der Waals surface area contributed by atoms with Crippen LogP contribution >= 0.6 is 22.9 Å². The summed E-state index contributed by atoms with van der Waals surface area (Å²) in [5, 5.41) is 1.55. The number of halogens is 1. The summed E-state index contributed by atoms with van der Waals surface area (Å²) in [5.41, 5.74) is 9.33. The lowest BCUT2D eigenvalue weighted by Crippen LogP contribution is -2.48. The second-order valence-electron chi connectivity index (χ2n) is 9.85. The van der Waals surface area contributed by atoms with Crippen molar-refractivity contribution >= 4 is 44.7 Å². The summed E-state index contributed by atoms with van der Waals surface area (Å²) >= 11 is 7.41. The molecule has 1 aliphatic carbocycles. The van der Waals surface area contributed by atoms with Gasteiger partial charge in [0.15, 0.2) is 0 Å². The van der Waals surface area contributed by atoms with Gasteiger partial charge in [-0.3, -0.25) is 4.79 Å². The van der Waals surface area contributed by atoms with Gasteiger partial charge in [-0.1, -0.05) is 44.5 Å². The number of nitrogens with zero attached hydrogens (tertiary/aromatic N) is 2. The first-order chi connectivity index (χ1) is 14.2. The molecule has 4 nitrogen and oxygen atoms in total. The Bertz CT molecular complexity index is 1150. The molecule has 2 N–H and O–H groups in total. The van der Waals surface area contributed by atoms with Crippen molar-refractivity contribution in [2.75, 3.05) is 12.3 Å². The molecule has 0 radical (unpaired) electrons. The highest BCUT2D eigenvalue weighted by Crippen LogP contribution is 2.56. The summed E-state index contributed by atoms with van der Waals surface area (Å²) in [7, 11) is 0. The first kappa shape index (κ1) is 19.8. The zero-order chi connectivity index (χ0) is 21.3. The molecule has 156 valence electrons. The van der Waals surface area contributed by atoms with Crippen LogP contribution in [0.4, 0.5) is 5.69 Å². The van der Waals surface area contributed by atoms with Crippen LogP contribution in [0.3, 0.4) is 0 Å². The Balaban J connectivity index is 1.51. The van der Waals surface area contributed by atoms with Crippen LogP contribution in [0.15, 0.2) is 36.4 Å². The van der Waals surface area contributed by atoms with Crippen LogP contribution in [0, 0.1) is 10.8 Å². The van der Waals surface area contributed by atoms with Crippen molar-refractivity contribution in [3.05, 3.63) is 46.3 Å². The van der Waals surface area contributed by atoms with Gasteiger partial charge < -0.3 is 10.6 Å². The number of pyridine rings is 1. The number of thiophene rings is 1. The number of fused-ring (bicyclic) bond motifs is 3. The maximum atomic E-state index is 13.6. The van der Waals surface area contributed by atoms with Crippen LogP contribution in [0.2, 0.25) is 5.02 Å². The largest absolute Gasteiger partial charge is 0.397 e. The molecule has 5 rings (SSSR count). The Labute approximate surface area is 186 Å². The third-order valence-corrected chi connectivity index (χ3v) is 8.35. The number of anilines is 1. The number of aromatic nitrogens is 1. The van der Waals surface area contributed by atoms with Gasteiger partial charge in [0.05, 0.1) is 11.4 Å². The van der Waals surface area contributed by atoms with Gasteiger partial charge in [-0.05, 0) is 54.4 Å². The molecule has 3 aromatic rings. The molecule has 6 heteroatoms. The average Bonchev–Trinajstić information content (AvgIpc) is 3.12. The lowest BCUT2D eigenvalue weighted by Gasteiger charge is -2.40. The maximum absolute atomic E-state index is 13.6. The van der Waals surface area contributed by atoms with E-state index in [-0.39, 0.29) is 17.4 Å². The molecule has 0 spiro atoms. The predicted molar refractivity (Wildman–Crippen MR) is 125 cm³/mol. The van der Waals surface area contributed by atoms with Crippen LogP contribution in [-0.2, 0) is 0 Å². The first-order valence-electron chi connectivity index (χ1n) is 10.4. The second-order valence-corrected chi connectivity index (χ2v) is 11.3. The fourth-order valence-electron chi connectivity index (χ4n) is 5.61. The Morgan fingerprint density at radius 3 is 2.67 bits per heavy atom. The summed E-state index contributed by atoms with van der Waals surface area (Å²) < 4.78 is 0. The average molecular weight is 440 g/mol. The van der Waals surface area contributed by atoms with Gasteiger partial charge in [-0.15, -0.1) is 11.3 Å². The number of likely N-dealkylation sites (tertiary alicyclic amines) is 1. The number of amides is 1. The lowest BCUT2D eigenvalue weighted by molar-refractivity contribution is 0.0480. The molecule has 2 aliphatic rings. The second kappa shape index (κ2) is 6.69. The van der Waals surface area contributed by atoms with Gasteiger partial charge in [-0.2, -0.15) is 0 Å². The molecule has 30 heavy (non-hydrogen) atoms. The van der Waals surface area contributed by atoms with E-state index < -0.39 is 0 Å². The number of carbonyl (C=O) groups is 1. The van der Waals surface area contributed by atoms with E-state index in [1.54, 1.807) is 0 Å². The van der Waals surface area contributed by atoms with Crippen LogP contribution in [0.1, 0.15) is 49.7 Å². The Morgan fingerprint density at radius 1 is 1.20 bits per heavy atom. The normalized spacial score (nSPS) is 25.1. The molecule has 1 amide bonds. The molecule has 2 fully saturated rings. The molecule has 1 aromatic carbocycles. The number of benzene rings is 1. The van der Waals surface area contributed by atoms with Gasteiger partial charge >= 0.3 is 0 Å². The van der Waals surface area contributed by atoms with E-state index in [9.17, 15) is 4.79 Å². The molecule has 2 atom stereocenters. The fraction of sp³-hybridized carbons (Fsp3) is 0.417. The molecule has 2 bridgehead atoms. The quantitative estimate of drug-likeness (QED) is 0.514. The Hall–Kier alpha value is -2.11. The van der Waals surface area contributed by atoms with E-state index in [0.717, 1.165) is 40.9 Å². The highest BCUT2D eigenvalue weighted by atomic mass is 35.5. The molecular weight excluding hydrogens is 414 g/mol. The number of piperidine rings is 1. The summed E-state index contributed by atoms with van der Waals surface area (Å²) in [6.07, 6.45) is 3.31. The van der Waals surface area contributed by atoms with Crippen molar-refractivity contribution in [3.63, 3.8) is 0 Å². The molecule has 1 saturated heterocycles. The van der Waals surface area contributed by atoms with Crippen molar-refractivity contribution < 1.29 is 4.79 Å². The number of hydrogen-bond acceptors (Lipinski definition) is 4. The minimum atomic E-state index is 0.0607. The monoisotopic (exact) mass is 439 g/mol. The van der Waals surface area contributed by atoms with Crippen molar-refractivity contribution in [2.24, 2.45) is 10.8 Å². The van der Waals surface area contributed by atoms with E-state index in [0.29, 0.717) is 21.0 Å². The Morgan fingerprint density at radius 2 is 1.93 bits per heavy atom. The van der Waals surface area contributed by atoms with Crippen LogP contribution in [0.5, 0.6) is 0 Å². The molecule has 1 aliphatic heterocycles. The van der Waals surface area contributed by atoms with Crippen molar-refractivity contribution in [1.29, 1.82) is 0 Å². The number of rotatable bonds is 2. The summed E-state index contributed by atoms with van der Waals surface area (Å²) in [6.45, 7) is 7.76. The molecule has 2 aromatic heterocycles. The standard InChI is InChI=1S/C24H26ClN3OS/c1-23(2)13-24(3)10-11-28(18(23)12-24)22(29)20-19(26)16-8-9-17(27-21(16)30-20)14-4-6-15(25)7-5-14/h4-9,18H,10-13,26H2,1-3H3. The van der Waals surface area contributed by atoms with Crippen LogP contribution < -0.4 is 5.73 Å². The van der Waals surface area contributed by atoms with Crippen molar-refractivity contribution in [3.8, 4) is 11.3 Å². The lowest BCUT2D eigenvalue weighted by atomic mass is 9.81. The summed E-state index contributed by atoms with van der Waals surface area (Å²) in [4.78, 5) is 21.9. The third kappa shape index (κ3) is 3.10. The zero-order valence-corrected chi connectivity index (χ0v) is 19.1. The number of carbonyl (C=O) groups excluding carboxylic acids is 1. The minimum Gasteiger partial charge on any atom is -0.397 e. The molecular formula is C24H26ClN3OS. The van der Waals surface area contributed by atoms with E-state index in [1.165, 1.54) is 17.8 Å². The zero-order valence-electron chi connectivity index (χ0n) is 17.5. The van der Waals surface area contributed by atoms with E-state index >= 15 is 0 Å². The van der Waals surface area contributed by atoms with Gasteiger partial charge in [0.1, 0.15) is 9.71 Å². The maximum Gasteiger partial charge on any atom is 0.266 e. The molecule has 1 saturated carbocycles. The predicted octanol–water partition coefficient (Wildman–Crippen LogP) is 6.24. The van der Waals surface area contributed by atoms with E-state index in [4.69, 9.17) is 22.3 Å². The highest BCUT2D eigenvalue weighted by Gasteiger charge is 2.53. The highest BCUT2D eigenvalue weighted by molar-refractivity contribution is 7.21. The van der Waals surface area contributed by atoms with Gasteiger partial charge in [0.25, 0.3) is 5.91 Å². The van der Waals surface area contributed by atoms with Gasteiger partial charge in [0.2, 0.25) is 0 Å². The minimum absolute atomic E-state index is 0.0607. The summed E-state index contributed by atoms with van der Waals surface area (Å²) in [5.74, 6) is 0.0607. The number of nitrogen functional groups attached to an aromatic ring is 1. The molecule has 3 heterocycles. The van der Waals surface area contributed by atoms with Crippen molar-refractivity contribution in [1.82, 2.24) is 9.88 Å². The van der Waals surface area contributed by atoms with Gasteiger partial charge in [0, 0.05) is 28.6 Å². The van der Waals surface area contributed by atoms with Crippen LogP contribution in [0.25, 0.3) is 21.5 Å². The molecule has 2 unspecified atom stereocenters. The number of nitrogens with two attached hydrogens (primary N) is 1. The van der Waals surface area contributed by atoms with Crippen LogP contribution in [-0.4, -0.2) is 28.4 Å². The first-order valence-corrected chi connectivity index (χ1v) is 11.6. The summed E-state index contributed by atoms with van der Waals surface area (Å²) in [6, 6.07) is 11.8. The fourth-order valence-corrected chi connectivity index (χ4v) is 6.79. The Kier molecular flexibility index (Phi) is 4.42. The third-order valence-electron chi connectivity index (χ3n) is 6.99.